The summed E-state index contributed by atoms with van der Waals surface area (Å²) in [6.07, 6.45) is 0.0879. The number of aliphatic hydroxyl groups is 1. The molecule has 5 heteroatoms. The smallest absolute Gasteiger partial charge is 0.192 e. The summed E-state index contributed by atoms with van der Waals surface area (Å²) < 4.78 is 18.4. The minimum absolute atomic E-state index is 0.0276. The van der Waals surface area contributed by atoms with Crippen LogP contribution >= 0.6 is 0 Å². The molecule has 0 amide bonds. The Kier molecular flexibility index (Phi) is 6.30. The zero-order chi connectivity index (χ0) is 17.3. The highest BCUT2D eigenvalue weighted by Crippen LogP contribution is 2.39. The van der Waals surface area contributed by atoms with Crippen LogP contribution in [-0.2, 0) is 13.9 Å². The third kappa shape index (κ3) is 4.77. The average Bonchev–Trinajstić information content (AvgIpc) is 2.68. The zero-order valence-corrected chi connectivity index (χ0v) is 16.9. The summed E-state index contributed by atoms with van der Waals surface area (Å²) in [7, 11) is -1.82. The van der Waals surface area contributed by atoms with Gasteiger partial charge in [0.25, 0.3) is 0 Å². The lowest BCUT2D eigenvalue weighted by Crippen LogP contribution is -2.45. The lowest BCUT2D eigenvalue weighted by Gasteiger charge is -2.37. The Balaban J connectivity index is 2.78. The zero-order valence-electron chi connectivity index (χ0n) is 15.9. The first-order valence-corrected chi connectivity index (χ1v) is 11.4. The predicted molar refractivity (Wildman–Crippen MR) is 92.4 cm³/mol. The van der Waals surface area contributed by atoms with E-state index in [2.05, 4.69) is 33.9 Å². The van der Waals surface area contributed by atoms with Gasteiger partial charge in [0.15, 0.2) is 14.1 Å². The van der Waals surface area contributed by atoms with Crippen molar-refractivity contribution in [2.24, 2.45) is 5.92 Å². The van der Waals surface area contributed by atoms with E-state index < -0.39 is 14.1 Å². The van der Waals surface area contributed by atoms with E-state index >= 15 is 0 Å². The number of ether oxygens (including phenoxy) is 2. The largest absolute Gasteiger partial charge is 0.414 e. The summed E-state index contributed by atoms with van der Waals surface area (Å²) in [5, 5.41) is 10.3. The van der Waals surface area contributed by atoms with Crippen molar-refractivity contribution in [2.75, 3.05) is 6.61 Å². The molecule has 1 saturated heterocycles. The minimum Gasteiger partial charge on any atom is -0.414 e. The Bertz CT molecular complexity index is 362. The molecule has 0 bridgehead atoms. The summed E-state index contributed by atoms with van der Waals surface area (Å²) in [5.74, 6) is -0.590. The van der Waals surface area contributed by atoms with Gasteiger partial charge in [0.2, 0.25) is 0 Å². The van der Waals surface area contributed by atoms with E-state index in [9.17, 15) is 5.11 Å². The average molecular weight is 333 g/mol. The first-order chi connectivity index (χ1) is 9.81. The molecule has 0 saturated carbocycles. The van der Waals surface area contributed by atoms with E-state index in [4.69, 9.17) is 13.9 Å². The van der Waals surface area contributed by atoms with Crippen molar-refractivity contribution in [3.05, 3.63) is 0 Å². The van der Waals surface area contributed by atoms with Crippen LogP contribution < -0.4 is 0 Å². The molecule has 0 spiro atoms. The van der Waals surface area contributed by atoms with Gasteiger partial charge in [0.1, 0.15) is 6.10 Å². The molecular weight excluding hydrogens is 296 g/mol. The predicted octanol–water partition coefficient (Wildman–Crippen LogP) is 3.94. The van der Waals surface area contributed by atoms with Gasteiger partial charge in [-0.05, 0) is 38.4 Å². The quantitative estimate of drug-likeness (QED) is 0.749. The Morgan fingerprint density at radius 1 is 1.23 bits per heavy atom. The second-order valence-electron chi connectivity index (χ2n) is 8.54. The number of aliphatic hydroxyl groups excluding tert-OH is 1. The van der Waals surface area contributed by atoms with Gasteiger partial charge >= 0.3 is 0 Å². The lowest BCUT2D eigenvalue weighted by atomic mass is 9.93. The topological polar surface area (TPSA) is 47.9 Å². The fourth-order valence-electron chi connectivity index (χ4n) is 2.54. The van der Waals surface area contributed by atoms with Crippen LogP contribution in [0.3, 0.4) is 0 Å². The molecule has 0 radical (unpaired) electrons. The first-order valence-electron chi connectivity index (χ1n) is 8.48. The van der Waals surface area contributed by atoms with Gasteiger partial charge in [-0.1, -0.05) is 34.6 Å². The monoisotopic (exact) mass is 332 g/mol. The van der Waals surface area contributed by atoms with Crippen LogP contribution in [0.2, 0.25) is 18.1 Å². The molecule has 22 heavy (non-hydrogen) atoms. The van der Waals surface area contributed by atoms with Crippen molar-refractivity contribution in [1.29, 1.82) is 0 Å². The second kappa shape index (κ2) is 6.89. The van der Waals surface area contributed by atoms with Gasteiger partial charge in [-0.15, -0.1) is 0 Å². The van der Waals surface area contributed by atoms with Crippen molar-refractivity contribution < 1.29 is 19.0 Å². The van der Waals surface area contributed by atoms with Gasteiger partial charge in [0, 0.05) is 5.92 Å². The number of hydrogen-bond donors (Lipinski definition) is 1. The summed E-state index contributed by atoms with van der Waals surface area (Å²) in [4.78, 5) is 0. The summed E-state index contributed by atoms with van der Waals surface area (Å²) in [5.41, 5.74) is 0. The highest BCUT2D eigenvalue weighted by Gasteiger charge is 2.47. The minimum atomic E-state index is -1.82. The molecule has 4 nitrogen and oxygen atoms in total. The van der Waals surface area contributed by atoms with E-state index in [1.165, 1.54) is 0 Å². The Labute approximate surface area is 137 Å². The van der Waals surface area contributed by atoms with E-state index in [0.29, 0.717) is 6.61 Å². The lowest BCUT2D eigenvalue weighted by molar-refractivity contribution is -0.155. The normalized spacial score (nSPS) is 28.6. The number of rotatable bonds is 6. The van der Waals surface area contributed by atoms with Crippen LogP contribution in [0.1, 0.15) is 54.9 Å². The van der Waals surface area contributed by atoms with Crippen molar-refractivity contribution in [3.8, 4) is 0 Å². The standard InChI is InChI=1S/C17H36O4Si/c1-10-13(18)12(2)15-14(20-17(6,7)21-15)11-19-22(8,9)16(3,4)5/h12-15,18H,10-11H2,1-9H3/t12-,13?,14-,15+/m0/s1. The molecule has 0 aromatic carbocycles. The molecule has 1 N–H and O–H groups in total. The van der Waals surface area contributed by atoms with Gasteiger partial charge in [0.05, 0.1) is 18.8 Å². The molecule has 1 aliphatic rings. The molecule has 132 valence electrons. The SMILES string of the molecule is CCC(O)[C@H](C)[C@H]1OC(C)(C)O[C@H]1CO[Si](C)(C)C(C)(C)C. The molecule has 0 aromatic rings. The van der Waals surface area contributed by atoms with Crippen LogP contribution in [0.25, 0.3) is 0 Å². The molecule has 1 aliphatic heterocycles. The molecule has 0 aliphatic carbocycles. The molecular formula is C17H36O4Si. The van der Waals surface area contributed by atoms with Gasteiger partial charge in [-0.3, -0.25) is 0 Å². The third-order valence-electron chi connectivity index (χ3n) is 5.18. The van der Waals surface area contributed by atoms with E-state index in [1.807, 2.05) is 27.7 Å². The maximum atomic E-state index is 10.2. The van der Waals surface area contributed by atoms with E-state index in [0.717, 1.165) is 6.42 Å². The Morgan fingerprint density at radius 2 is 1.77 bits per heavy atom. The molecule has 1 heterocycles. The summed E-state index contributed by atoms with van der Waals surface area (Å²) in [6, 6.07) is 0. The molecule has 1 unspecified atom stereocenters. The molecule has 1 rings (SSSR count). The molecule has 0 aromatic heterocycles. The van der Waals surface area contributed by atoms with Crippen LogP contribution in [-0.4, -0.2) is 44.1 Å². The third-order valence-corrected chi connectivity index (χ3v) is 9.68. The maximum Gasteiger partial charge on any atom is 0.192 e. The van der Waals surface area contributed by atoms with Crippen LogP contribution in [0.15, 0.2) is 0 Å². The van der Waals surface area contributed by atoms with Crippen molar-refractivity contribution in [2.45, 2.75) is 97.1 Å². The first kappa shape index (κ1) is 20.1. The van der Waals surface area contributed by atoms with E-state index in [-0.39, 0.29) is 29.3 Å². The molecule has 4 atom stereocenters. The highest BCUT2D eigenvalue weighted by atomic mass is 28.4. The molecule has 1 fully saturated rings. The fourth-order valence-corrected chi connectivity index (χ4v) is 3.55. The van der Waals surface area contributed by atoms with Gasteiger partial charge in [-0.2, -0.15) is 0 Å². The van der Waals surface area contributed by atoms with Gasteiger partial charge in [-0.25, -0.2) is 0 Å². The van der Waals surface area contributed by atoms with Crippen LogP contribution in [0.5, 0.6) is 0 Å². The second-order valence-corrected chi connectivity index (χ2v) is 13.4. The summed E-state index contributed by atoms with van der Waals surface area (Å²) >= 11 is 0. The van der Waals surface area contributed by atoms with Crippen molar-refractivity contribution >= 4 is 8.32 Å². The fraction of sp³-hybridized carbons (Fsp3) is 1.00. The van der Waals surface area contributed by atoms with Crippen LogP contribution in [0, 0.1) is 5.92 Å². The van der Waals surface area contributed by atoms with Gasteiger partial charge < -0.3 is 19.0 Å². The van der Waals surface area contributed by atoms with Crippen LogP contribution in [0.4, 0.5) is 0 Å². The maximum absolute atomic E-state index is 10.2. The number of hydrogen-bond acceptors (Lipinski definition) is 4. The van der Waals surface area contributed by atoms with E-state index in [1.54, 1.807) is 0 Å². The van der Waals surface area contributed by atoms with Crippen molar-refractivity contribution in [1.82, 2.24) is 0 Å². The Morgan fingerprint density at radius 3 is 2.23 bits per heavy atom. The highest BCUT2D eigenvalue weighted by molar-refractivity contribution is 6.74. The van der Waals surface area contributed by atoms with Crippen molar-refractivity contribution in [3.63, 3.8) is 0 Å². The summed E-state index contributed by atoms with van der Waals surface area (Å²) in [6.45, 7) is 19.6. The Hall–Kier alpha value is 0.0569.